The number of phenols is 1. The molecule has 0 spiro atoms. The zero-order chi connectivity index (χ0) is 14.4. The molecule has 0 saturated heterocycles. The minimum absolute atomic E-state index is 0.133. The third kappa shape index (κ3) is 3.61. The molecule has 102 valence electrons. The topological polar surface area (TPSA) is 58.9 Å². The second-order valence-electron chi connectivity index (χ2n) is 3.90. The van der Waals surface area contributed by atoms with Crippen molar-refractivity contribution in [1.82, 2.24) is 0 Å². The SMILES string of the molecule is COc1ccc(C(=O)S/N=C/c2ccccc2O)cc1. The summed E-state index contributed by atoms with van der Waals surface area (Å²) in [5.41, 5.74) is 1.12. The molecule has 0 aliphatic rings. The van der Waals surface area contributed by atoms with Gasteiger partial charge in [-0.05, 0) is 36.4 Å². The molecular weight excluding hydrogens is 274 g/mol. The van der Waals surface area contributed by atoms with Gasteiger partial charge in [-0.1, -0.05) is 12.1 Å². The van der Waals surface area contributed by atoms with Crippen LogP contribution in [0.2, 0.25) is 0 Å². The fourth-order valence-corrected chi connectivity index (χ4v) is 2.01. The number of carbonyl (C=O) groups excluding carboxylic acids is 1. The van der Waals surface area contributed by atoms with E-state index in [9.17, 15) is 9.90 Å². The third-order valence-electron chi connectivity index (χ3n) is 2.59. The highest BCUT2D eigenvalue weighted by molar-refractivity contribution is 8.13. The zero-order valence-corrected chi connectivity index (χ0v) is 11.6. The van der Waals surface area contributed by atoms with Crippen LogP contribution in [0.3, 0.4) is 0 Å². The minimum atomic E-state index is -0.167. The van der Waals surface area contributed by atoms with Crippen LogP contribution in [0.5, 0.6) is 11.5 Å². The molecule has 0 aliphatic heterocycles. The molecule has 0 atom stereocenters. The summed E-state index contributed by atoms with van der Waals surface area (Å²) in [6, 6.07) is 13.6. The Labute approximate surface area is 121 Å². The molecule has 0 fully saturated rings. The first-order chi connectivity index (χ1) is 9.70. The van der Waals surface area contributed by atoms with Crippen LogP contribution >= 0.6 is 11.9 Å². The Bertz CT molecular complexity index is 623. The number of rotatable bonds is 4. The van der Waals surface area contributed by atoms with E-state index >= 15 is 0 Å². The molecule has 0 radical (unpaired) electrons. The Kier molecular flexibility index (Phi) is 4.79. The van der Waals surface area contributed by atoms with Crippen LogP contribution < -0.4 is 4.74 Å². The number of nitrogens with zero attached hydrogens (tertiary/aromatic N) is 1. The normalized spacial score (nSPS) is 10.7. The highest BCUT2D eigenvalue weighted by Gasteiger charge is 2.06. The van der Waals surface area contributed by atoms with E-state index in [1.54, 1.807) is 55.6 Å². The van der Waals surface area contributed by atoms with Gasteiger partial charge in [0, 0.05) is 17.3 Å². The van der Waals surface area contributed by atoms with Crippen molar-refractivity contribution in [2.75, 3.05) is 7.11 Å². The van der Waals surface area contributed by atoms with E-state index in [1.807, 2.05) is 0 Å². The first-order valence-electron chi connectivity index (χ1n) is 5.87. The molecule has 0 saturated carbocycles. The highest BCUT2D eigenvalue weighted by atomic mass is 32.2. The summed E-state index contributed by atoms with van der Waals surface area (Å²) < 4.78 is 9.00. The van der Waals surface area contributed by atoms with Crippen LogP contribution in [-0.2, 0) is 0 Å². The standard InChI is InChI=1S/C15H13NO3S/c1-19-13-8-6-11(7-9-13)15(18)20-16-10-12-4-2-3-5-14(12)17/h2-10,17H,1H3/b16-10+. The van der Waals surface area contributed by atoms with Gasteiger partial charge in [0.05, 0.1) is 19.1 Å². The Hall–Kier alpha value is -2.27. The van der Waals surface area contributed by atoms with E-state index in [4.69, 9.17) is 4.74 Å². The maximum Gasteiger partial charge on any atom is 0.241 e. The fourth-order valence-electron chi connectivity index (χ4n) is 1.51. The Morgan fingerprint density at radius 1 is 1.20 bits per heavy atom. The van der Waals surface area contributed by atoms with Crippen molar-refractivity contribution in [2.45, 2.75) is 0 Å². The number of methoxy groups -OCH3 is 1. The average molecular weight is 287 g/mol. The number of benzene rings is 2. The molecule has 0 bridgehead atoms. The van der Waals surface area contributed by atoms with Gasteiger partial charge in [0.25, 0.3) is 0 Å². The molecule has 0 aliphatic carbocycles. The number of para-hydroxylation sites is 1. The molecule has 2 aromatic carbocycles. The van der Waals surface area contributed by atoms with Crippen LogP contribution in [-0.4, -0.2) is 23.5 Å². The summed E-state index contributed by atoms with van der Waals surface area (Å²) in [7, 11) is 1.57. The molecule has 0 aromatic heterocycles. The fraction of sp³-hybridized carbons (Fsp3) is 0.0667. The molecule has 2 aromatic rings. The van der Waals surface area contributed by atoms with Crippen LogP contribution in [0.1, 0.15) is 15.9 Å². The van der Waals surface area contributed by atoms with Gasteiger partial charge in [0.2, 0.25) is 5.12 Å². The molecule has 0 amide bonds. The van der Waals surface area contributed by atoms with Crippen LogP contribution in [0, 0.1) is 0 Å². The molecular formula is C15H13NO3S. The van der Waals surface area contributed by atoms with Crippen molar-refractivity contribution in [3.05, 3.63) is 59.7 Å². The maximum atomic E-state index is 11.9. The number of aromatic hydroxyl groups is 1. The summed E-state index contributed by atoms with van der Waals surface area (Å²) in [5.74, 6) is 0.831. The van der Waals surface area contributed by atoms with Gasteiger partial charge in [0.15, 0.2) is 0 Å². The van der Waals surface area contributed by atoms with Gasteiger partial charge in [-0.2, -0.15) is 0 Å². The molecule has 1 N–H and O–H groups in total. The van der Waals surface area contributed by atoms with Crippen molar-refractivity contribution in [3.63, 3.8) is 0 Å². The average Bonchev–Trinajstić information content (AvgIpc) is 2.49. The first kappa shape index (κ1) is 14.1. The number of hydrogen-bond donors (Lipinski definition) is 1. The molecule has 0 unspecified atom stereocenters. The van der Waals surface area contributed by atoms with E-state index in [0.29, 0.717) is 16.9 Å². The van der Waals surface area contributed by atoms with Gasteiger partial charge in [0.1, 0.15) is 11.5 Å². The largest absolute Gasteiger partial charge is 0.507 e. The lowest BCUT2D eigenvalue weighted by atomic mass is 10.2. The lowest BCUT2D eigenvalue weighted by Crippen LogP contribution is -1.92. The van der Waals surface area contributed by atoms with Gasteiger partial charge in [-0.15, -0.1) is 0 Å². The van der Waals surface area contributed by atoms with E-state index in [1.165, 1.54) is 6.21 Å². The Morgan fingerprint density at radius 3 is 2.55 bits per heavy atom. The molecule has 20 heavy (non-hydrogen) atoms. The monoisotopic (exact) mass is 287 g/mol. The molecule has 2 rings (SSSR count). The lowest BCUT2D eigenvalue weighted by molar-refractivity contribution is 0.108. The molecule has 5 heteroatoms. The van der Waals surface area contributed by atoms with Crippen molar-refractivity contribution < 1.29 is 14.6 Å². The Balaban J connectivity index is 1.99. The summed E-state index contributed by atoms with van der Waals surface area (Å²) in [6.07, 6.45) is 1.46. The number of carbonyl (C=O) groups is 1. The second-order valence-corrected chi connectivity index (χ2v) is 4.66. The number of phenolic OH excluding ortho intramolecular Hbond substituents is 1. The van der Waals surface area contributed by atoms with Gasteiger partial charge < -0.3 is 9.84 Å². The van der Waals surface area contributed by atoms with Crippen LogP contribution in [0.4, 0.5) is 0 Å². The molecule has 0 heterocycles. The summed E-state index contributed by atoms with van der Waals surface area (Å²) in [5, 5.41) is 9.38. The summed E-state index contributed by atoms with van der Waals surface area (Å²) >= 11 is 0.825. The van der Waals surface area contributed by atoms with E-state index in [2.05, 4.69) is 4.40 Å². The third-order valence-corrected chi connectivity index (χ3v) is 3.20. The van der Waals surface area contributed by atoms with Gasteiger partial charge in [-0.25, -0.2) is 4.40 Å². The zero-order valence-electron chi connectivity index (χ0n) is 10.8. The van der Waals surface area contributed by atoms with Crippen molar-refractivity contribution in [3.8, 4) is 11.5 Å². The van der Waals surface area contributed by atoms with Crippen LogP contribution in [0.15, 0.2) is 52.9 Å². The van der Waals surface area contributed by atoms with Crippen molar-refractivity contribution >= 4 is 23.3 Å². The van der Waals surface area contributed by atoms with E-state index in [0.717, 1.165) is 11.9 Å². The minimum Gasteiger partial charge on any atom is -0.507 e. The van der Waals surface area contributed by atoms with E-state index in [-0.39, 0.29) is 10.9 Å². The highest BCUT2D eigenvalue weighted by Crippen LogP contribution is 2.18. The predicted octanol–water partition coefficient (Wildman–Crippen LogP) is 3.31. The first-order valence-corrected chi connectivity index (χ1v) is 6.65. The summed E-state index contributed by atoms with van der Waals surface area (Å²) in [6.45, 7) is 0. The van der Waals surface area contributed by atoms with Gasteiger partial charge in [-0.3, -0.25) is 4.79 Å². The maximum absolute atomic E-state index is 11.9. The second kappa shape index (κ2) is 6.77. The van der Waals surface area contributed by atoms with E-state index < -0.39 is 0 Å². The smallest absolute Gasteiger partial charge is 0.241 e. The predicted molar refractivity (Wildman–Crippen MR) is 80.6 cm³/mol. The number of hydrogen-bond acceptors (Lipinski definition) is 5. The van der Waals surface area contributed by atoms with Crippen molar-refractivity contribution in [1.29, 1.82) is 0 Å². The van der Waals surface area contributed by atoms with Crippen LogP contribution in [0.25, 0.3) is 0 Å². The lowest BCUT2D eigenvalue weighted by Gasteiger charge is -2.00. The van der Waals surface area contributed by atoms with Crippen molar-refractivity contribution in [2.24, 2.45) is 4.40 Å². The Morgan fingerprint density at radius 2 is 1.90 bits per heavy atom. The summed E-state index contributed by atoms with van der Waals surface area (Å²) in [4.78, 5) is 11.9. The van der Waals surface area contributed by atoms with Gasteiger partial charge >= 0.3 is 0 Å². The number of ether oxygens (including phenoxy) is 1. The quantitative estimate of drug-likeness (QED) is 0.692. The molecule has 4 nitrogen and oxygen atoms in total.